The number of carbonyl (C=O) groups is 1. The quantitative estimate of drug-likeness (QED) is 0.106. The van der Waals surface area contributed by atoms with Gasteiger partial charge in [0.15, 0.2) is 14.1 Å². The molecule has 2 aromatic carbocycles. The van der Waals surface area contributed by atoms with Gasteiger partial charge in [-0.3, -0.25) is 0 Å². The first kappa shape index (κ1) is 38.4. The highest BCUT2D eigenvalue weighted by Gasteiger charge is 2.62. The molecule has 0 bridgehead atoms. The van der Waals surface area contributed by atoms with Crippen molar-refractivity contribution < 1.29 is 32.6 Å². The van der Waals surface area contributed by atoms with Crippen molar-refractivity contribution in [1.29, 1.82) is 0 Å². The van der Waals surface area contributed by atoms with E-state index < -0.39 is 34.1 Å². The Hall–Kier alpha value is -1.86. The SMILES string of the molecule is CC[Si](CC)(CC)OC(C[C@]1(C)O[C@H]1[C@@H]1CC[C@]2(CCC[C@@H]([C@@H](C)CO[Si](c3ccccc3)(c3ccccc3)C(C)(C)C)O2)O1)C(=O)OC. The maximum absolute atomic E-state index is 12.9. The monoisotopic (exact) mass is 710 g/mol. The molecule has 272 valence electrons. The Balaban J connectivity index is 1.25. The second kappa shape index (κ2) is 15.4. The van der Waals surface area contributed by atoms with Gasteiger partial charge in [0.05, 0.1) is 24.9 Å². The Morgan fingerprint density at radius 2 is 1.49 bits per heavy atom. The number of epoxide rings is 1. The summed E-state index contributed by atoms with van der Waals surface area (Å²) < 4.78 is 39.3. The van der Waals surface area contributed by atoms with E-state index in [0.717, 1.165) is 50.2 Å². The Bertz CT molecular complexity index is 1320. The Kier molecular flexibility index (Phi) is 12.1. The molecule has 3 aliphatic rings. The van der Waals surface area contributed by atoms with Gasteiger partial charge >= 0.3 is 5.97 Å². The molecule has 9 heteroatoms. The van der Waals surface area contributed by atoms with Gasteiger partial charge in [-0.1, -0.05) is 109 Å². The van der Waals surface area contributed by atoms with Gasteiger partial charge in [0.2, 0.25) is 0 Å². The van der Waals surface area contributed by atoms with E-state index in [4.69, 9.17) is 27.8 Å². The number of hydrogen-bond donors (Lipinski definition) is 0. The zero-order valence-corrected chi connectivity index (χ0v) is 33.6. The normalized spacial score (nSPS) is 28.7. The summed E-state index contributed by atoms with van der Waals surface area (Å²) in [5.41, 5.74) is -0.491. The first-order valence-corrected chi connectivity index (χ1v) is 23.3. The molecule has 0 amide bonds. The van der Waals surface area contributed by atoms with E-state index in [1.165, 1.54) is 17.5 Å². The summed E-state index contributed by atoms with van der Waals surface area (Å²) in [6.45, 7) is 18.5. The van der Waals surface area contributed by atoms with Crippen LogP contribution in [0.4, 0.5) is 0 Å². The number of hydrogen-bond acceptors (Lipinski definition) is 7. The summed E-state index contributed by atoms with van der Waals surface area (Å²) in [5, 5.41) is 2.51. The predicted molar refractivity (Wildman–Crippen MR) is 200 cm³/mol. The van der Waals surface area contributed by atoms with Crippen LogP contribution in [-0.2, 0) is 32.6 Å². The van der Waals surface area contributed by atoms with Crippen molar-refractivity contribution in [2.75, 3.05) is 13.7 Å². The molecule has 3 saturated heterocycles. The molecule has 5 rings (SSSR count). The van der Waals surface area contributed by atoms with E-state index in [1.807, 2.05) is 0 Å². The topological polar surface area (TPSA) is 75.8 Å². The molecule has 0 saturated carbocycles. The number of rotatable bonds is 15. The third-order valence-electron chi connectivity index (χ3n) is 11.9. The van der Waals surface area contributed by atoms with E-state index in [2.05, 4.69) is 116 Å². The molecule has 3 fully saturated rings. The summed E-state index contributed by atoms with van der Waals surface area (Å²) in [5.74, 6) is -0.708. The van der Waals surface area contributed by atoms with Crippen molar-refractivity contribution >= 4 is 33.0 Å². The van der Waals surface area contributed by atoms with Crippen LogP contribution in [0.15, 0.2) is 60.7 Å². The van der Waals surface area contributed by atoms with Gasteiger partial charge in [0, 0.05) is 31.8 Å². The van der Waals surface area contributed by atoms with Gasteiger partial charge in [-0.05, 0) is 59.7 Å². The second-order valence-corrected chi connectivity index (χ2v) is 25.1. The van der Waals surface area contributed by atoms with E-state index in [-0.39, 0.29) is 35.2 Å². The first-order chi connectivity index (χ1) is 23.3. The smallest absolute Gasteiger partial charge is 0.333 e. The van der Waals surface area contributed by atoms with Crippen molar-refractivity contribution in [3.8, 4) is 0 Å². The minimum Gasteiger partial charge on any atom is -0.467 e. The minimum absolute atomic E-state index is 0.0459. The van der Waals surface area contributed by atoms with Gasteiger partial charge in [0.25, 0.3) is 8.32 Å². The molecule has 0 aromatic heterocycles. The van der Waals surface area contributed by atoms with Crippen molar-refractivity contribution in [3.05, 3.63) is 60.7 Å². The fraction of sp³-hybridized carbons (Fsp3) is 0.675. The fourth-order valence-electron chi connectivity index (χ4n) is 8.60. The fourth-order valence-corrected chi connectivity index (χ4v) is 16.0. The van der Waals surface area contributed by atoms with Crippen LogP contribution in [0.3, 0.4) is 0 Å². The highest BCUT2D eigenvalue weighted by molar-refractivity contribution is 6.99. The van der Waals surface area contributed by atoms with Crippen molar-refractivity contribution in [1.82, 2.24) is 0 Å². The Morgan fingerprint density at radius 3 is 2.02 bits per heavy atom. The highest BCUT2D eigenvalue weighted by atomic mass is 28.4. The van der Waals surface area contributed by atoms with E-state index in [0.29, 0.717) is 13.0 Å². The molecule has 3 aliphatic heterocycles. The van der Waals surface area contributed by atoms with Crippen LogP contribution in [0, 0.1) is 5.92 Å². The van der Waals surface area contributed by atoms with Crippen LogP contribution in [-0.4, -0.2) is 72.1 Å². The lowest BCUT2D eigenvalue weighted by molar-refractivity contribution is -0.280. The van der Waals surface area contributed by atoms with E-state index in [9.17, 15) is 4.79 Å². The molecular formula is C40H62O7Si2. The van der Waals surface area contributed by atoms with Gasteiger partial charge in [-0.2, -0.15) is 0 Å². The maximum atomic E-state index is 12.9. The van der Waals surface area contributed by atoms with E-state index >= 15 is 0 Å². The zero-order valence-electron chi connectivity index (χ0n) is 31.6. The lowest BCUT2D eigenvalue weighted by Crippen LogP contribution is -2.67. The van der Waals surface area contributed by atoms with Crippen LogP contribution in [0.2, 0.25) is 23.2 Å². The average molecular weight is 711 g/mol. The third kappa shape index (κ3) is 7.98. The number of benzene rings is 2. The summed E-state index contributed by atoms with van der Waals surface area (Å²) >= 11 is 0. The molecule has 0 radical (unpaired) electrons. The van der Waals surface area contributed by atoms with Gasteiger partial charge in [-0.15, -0.1) is 0 Å². The minimum atomic E-state index is -2.64. The lowest BCUT2D eigenvalue weighted by atomic mass is 9.92. The van der Waals surface area contributed by atoms with Gasteiger partial charge < -0.3 is 27.8 Å². The van der Waals surface area contributed by atoms with Crippen LogP contribution in [0.25, 0.3) is 0 Å². The van der Waals surface area contributed by atoms with Crippen molar-refractivity contribution in [2.24, 2.45) is 5.92 Å². The van der Waals surface area contributed by atoms with Crippen molar-refractivity contribution in [3.63, 3.8) is 0 Å². The number of ether oxygens (including phenoxy) is 4. The van der Waals surface area contributed by atoms with Crippen LogP contribution >= 0.6 is 0 Å². The summed E-state index contributed by atoms with van der Waals surface area (Å²) in [6, 6.07) is 24.6. The summed E-state index contributed by atoms with van der Waals surface area (Å²) in [6.07, 6.45) is 4.40. The average Bonchev–Trinajstić information content (AvgIpc) is 3.62. The molecule has 0 N–H and O–H groups in total. The molecule has 1 unspecified atom stereocenters. The molecule has 0 aliphatic carbocycles. The largest absolute Gasteiger partial charge is 0.467 e. The molecular weight excluding hydrogens is 649 g/mol. The van der Waals surface area contributed by atoms with Crippen molar-refractivity contribution in [2.45, 2.75) is 153 Å². The summed E-state index contributed by atoms with van der Waals surface area (Å²) in [7, 11) is -3.21. The number of carbonyl (C=O) groups excluding carboxylic acids is 1. The van der Waals surface area contributed by atoms with Gasteiger partial charge in [-0.25, -0.2) is 4.79 Å². The van der Waals surface area contributed by atoms with Gasteiger partial charge in [0.1, 0.15) is 12.2 Å². The van der Waals surface area contributed by atoms with Crippen LogP contribution in [0.5, 0.6) is 0 Å². The van der Waals surface area contributed by atoms with E-state index in [1.54, 1.807) is 0 Å². The predicted octanol–water partition coefficient (Wildman–Crippen LogP) is 7.75. The first-order valence-electron chi connectivity index (χ1n) is 18.8. The molecule has 49 heavy (non-hydrogen) atoms. The van der Waals surface area contributed by atoms with Crippen LogP contribution < -0.4 is 10.4 Å². The number of methoxy groups -OCH3 is 1. The maximum Gasteiger partial charge on any atom is 0.333 e. The molecule has 2 aromatic rings. The third-order valence-corrected chi connectivity index (χ3v) is 21.5. The highest BCUT2D eigenvalue weighted by Crippen LogP contribution is 2.51. The second-order valence-electron chi connectivity index (χ2n) is 16.0. The molecule has 7 atom stereocenters. The molecule has 1 spiro atoms. The standard InChI is InChI=1S/C40H62O7Si2/c1-10-48(11-2,12-3)47-35(37(41)42-9)28-39(8)36(46-39)34-25-27-40(45-34)26-19-24-33(44-40)30(4)29-43-49(38(5,6)7,31-20-15-13-16-21-31)32-22-17-14-18-23-32/h13-18,20-23,30,33-36H,10-12,19,24-29H2,1-9H3/t30-,33-,34-,35?,36-,39-,40-/m0/s1. The Labute approximate surface area is 298 Å². The molecule has 7 nitrogen and oxygen atoms in total. The Morgan fingerprint density at radius 1 is 0.898 bits per heavy atom. The number of esters is 1. The zero-order chi connectivity index (χ0) is 35.5. The summed E-state index contributed by atoms with van der Waals surface area (Å²) in [4.78, 5) is 12.9. The van der Waals surface area contributed by atoms with Crippen LogP contribution in [0.1, 0.15) is 93.9 Å². The lowest BCUT2D eigenvalue weighted by Gasteiger charge is -2.45. The molecule has 3 heterocycles.